The van der Waals surface area contributed by atoms with E-state index in [1.165, 1.54) is 0 Å². The number of nitrogens with two attached hydrogens (primary N) is 1. The molecule has 9 heteroatoms. The molecule has 3 N–H and O–H groups in total. The maximum Gasteiger partial charge on any atom is 0.259 e. The third-order valence-electron chi connectivity index (χ3n) is 4.20. The zero-order valence-electron chi connectivity index (χ0n) is 16.8. The molecule has 0 bridgehead atoms. The Morgan fingerprint density at radius 2 is 2.00 bits per heavy atom. The Kier molecular flexibility index (Phi) is 7.04. The molecular weight excluding hydrogens is 563 g/mol. The van der Waals surface area contributed by atoms with E-state index in [-0.39, 0.29) is 5.91 Å². The van der Waals surface area contributed by atoms with Crippen molar-refractivity contribution in [1.82, 2.24) is 9.78 Å². The SMILES string of the molecule is Cn1ncc(Br)c1-c1cc(NC(=O)c2ccccc2OI)ccc1OCC(C)(C)N. The summed E-state index contributed by atoms with van der Waals surface area (Å²) >= 11 is 5.30. The fraction of sp³-hybridized carbons (Fsp3) is 0.238. The van der Waals surface area contributed by atoms with Crippen LogP contribution in [0.5, 0.6) is 11.5 Å². The summed E-state index contributed by atoms with van der Waals surface area (Å²) in [6.45, 7) is 4.13. The number of benzene rings is 2. The lowest BCUT2D eigenvalue weighted by Crippen LogP contribution is -2.38. The summed E-state index contributed by atoms with van der Waals surface area (Å²) in [6, 6.07) is 12.5. The van der Waals surface area contributed by atoms with E-state index in [9.17, 15) is 4.79 Å². The van der Waals surface area contributed by atoms with Gasteiger partial charge >= 0.3 is 0 Å². The van der Waals surface area contributed by atoms with Gasteiger partial charge in [-0.15, -0.1) is 0 Å². The molecule has 1 aromatic heterocycles. The zero-order chi connectivity index (χ0) is 21.9. The lowest BCUT2D eigenvalue weighted by molar-refractivity contribution is 0.102. The summed E-state index contributed by atoms with van der Waals surface area (Å²) in [7, 11) is 1.84. The van der Waals surface area contributed by atoms with Crippen LogP contribution < -0.4 is 18.9 Å². The summed E-state index contributed by atoms with van der Waals surface area (Å²) in [5, 5.41) is 7.21. The third kappa shape index (κ3) is 5.32. The predicted molar refractivity (Wildman–Crippen MR) is 129 cm³/mol. The number of rotatable bonds is 7. The van der Waals surface area contributed by atoms with Crippen molar-refractivity contribution >= 4 is 50.5 Å². The highest BCUT2D eigenvalue weighted by atomic mass is 127. The Bertz CT molecular complexity index is 1040. The Labute approximate surface area is 197 Å². The fourth-order valence-corrected chi connectivity index (χ4v) is 3.76. The number of anilines is 1. The lowest BCUT2D eigenvalue weighted by atomic mass is 10.1. The van der Waals surface area contributed by atoms with Gasteiger partial charge in [0, 0.05) is 23.8 Å². The van der Waals surface area contributed by atoms with Crippen LogP contribution in [-0.4, -0.2) is 27.8 Å². The normalized spacial score (nSPS) is 11.3. The molecule has 0 atom stereocenters. The molecular formula is C21H22BrIN4O3. The number of hydrogen-bond donors (Lipinski definition) is 2. The van der Waals surface area contributed by atoms with Crippen molar-refractivity contribution in [1.29, 1.82) is 0 Å². The molecule has 0 aliphatic rings. The summed E-state index contributed by atoms with van der Waals surface area (Å²) in [5.74, 6) is 0.871. The zero-order valence-corrected chi connectivity index (χ0v) is 20.5. The largest absolute Gasteiger partial charge is 0.491 e. The average Bonchev–Trinajstić information content (AvgIpc) is 3.04. The van der Waals surface area contributed by atoms with Gasteiger partial charge in [0.25, 0.3) is 5.91 Å². The first-order chi connectivity index (χ1) is 14.2. The van der Waals surface area contributed by atoms with Crippen LogP contribution in [0.25, 0.3) is 11.3 Å². The molecule has 158 valence electrons. The molecule has 1 amide bonds. The second-order valence-corrected chi connectivity index (χ2v) is 8.78. The lowest BCUT2D eigenvalue weighted by Gasteiger charge is -2.21. The van der Waals surface area contributed by atoms with Crippen molar-refractivity contribution in [3.8, 4) is 22.8 Å². The first-order valence-corrected chi connectivity index (χ1v) is 10.8. The van der Waals surface area contributed by atoms with Gasteiger partial charge in [0.1, 0.15) is 18.1 Å². The van der Waals surface area contributed by atoms with Crippen molar-refractivity contribution in [3.05, 3.63) is 58.7 Å². The number of para-hydroxylation sites is 1. The molecule has 3 rings (SSSR count). The number of aromatic nitrogens is 2. The van der Waals surface area contributed by atoms with Gasteiger partial charge in [0.2, 0.25) is 0 Å². The summed E-state index contributed by atoms with van der Waals surface area (Å²) < 4.78 is 13.8. The van der Waals surface area contributed by atoms with E-state index in [1.54, 1.807) is 58.1 Å². The van der Waals surface area contributed by atoms with Crippen molar-refractivity contribution in [3.63, 3.8) is 0 Å². The van der Waals surface area contributed by atoms with Crippen molar-refractivity contribution in [2.45, 2.75) is 19.4 Å². The van der Waals surface area contributed by atoms with Gasteiger partial charge in [-0.2, -0.15) is 5.10 Å². The summed E-state index contributed by atoms with van der Waals surface area (Å²) in [4.78, 5) is 12.8. The van der Waals surface area contributed by atoms with Crippen LogP contribution in [0.2, 0.25) is 0 Å². The van der Waals surface area contributed by atoms with Crippen molar-refractivity contribution in [2.24, 2.45) is 12.8 Å². The molecule has 0 spiro atoms. The number of nitrogens with zero attached hydrogens (tertiary/aromatic N) is 2. The molecule has 3 aromatic rings. The molecule has 0 radical (unpaired) electrons. The molecule has 0 saturated heterocycles. The molecule has 0 aliphatic heterocycles. The van der Waals surface area contributed by atoms with Crippen molar-refractivity contribution < 1.29 is 12.6 Å². The number of carbonyl (C=O) groups excluding carboxylic acids is 1. The number of amides is 1. The smallest absolute Gasteiger partial charge is 0.259 e. The van der Waals surface area contributed by atoms with Crippen LogP contribution in [0, 0.1) is 0 Å². The molecule has 1 heterocycles. The van der Waals surface area contributed by atoms with Crippen LogP contribution in [0.4, 0.5) is 5.69 Å². The highest BCUT2D eigenvalue weighted by molar-refractivity contribution is 14.1. The molecule has 0 aliphatic carbocycles. The van der Waals surface area contributed by atoms with Crippen LogP contribution in [0.15, 0.2) is 53.1 Å². The fourth-order valence-electron chi connectivity index (χ4n) is 2.82. The second kappa shape index (κ2) is 9.36. The predicted octanol–water partition coefficient (Wildman–Crippen LogP) is 4.95. The highest BCUT2D eigenvalue weighted by Crippen LogP contribution is 2.37. The first-order valence-electron chi connectivity index (χ1n) is 9.12. The Balaban J connectivity index is 1.97. The molecule has 2 aromatic carbocycles. The molecule has 7 nitrogen and oxygen atoms in total. The van der Waals surface area contributed by atoms with E-state index >= 15 is 0 Å². The number of aryl methyl sites for hydroxylation is 1. The quantitative estimate of drug-likeness (QED) is 0.384. The van der Waals surface area contributed by atoms with E-state index in [0.29, 0.717) is 29.4 Å². The van der Waals surface area contributed by atoms with Gasteiger partial charge < -0.3 is 18.9 Å². The van der Waals surface area contributed by atoms with E-state index in [2.05, 4.69) is 26.3 Å². The molecule has 0 saturated carbocycles. The highest BCUT2D eigenvalue weighted by Gasteiger charge is 2.19. The van der Waals surface area contributed by atoms with E-state index in [0.717, 1.165) is 15.7 Å². The topological polar surface area (TPSA) is 91.4 Å². The van der Waals surface area contributed by atoms with Crippen LogP contribution >= 0.6 is 38.9 Å². The minimum atomic E-state index is -0.489. The Morgan fingerprint density at radius 1 is 1.27 bits per heavy atom. The van der Waals surface area contributed by atoms with Crippen LogP contribution in [0.1, 0.15) is 24.2 Å². The maximum absolute atomic E-state index is 12.8. The Hall–Kier alpha value is -2.11. The van der Waals surface area contributed by atoms with Crippen LogP contribution in [-0.2, 0) is 7.05 Å². The summed E-state index contributed by atoms with van der Waals surface area (Å²) in [5.41, 5.74) is 8.26. The van der Waals surface area contributed by atoms with Gasteiger partial charge in [-0.3, -0.25) is 9.48 Å². The minimum Gasteiger partial charge on any atom is -0.491 e. The van der Waals surface area contributed by atoms with Gasteiger partial charge in [0.05, 0.1) is 21.9 Å². The average molecular weight is 585 g/mol. The van der Waals surface area contributed by atoms with Crippen molar-refractivity contribution in [2.75, 3.05) is 11.9 Å². The minimum absolute atomic E-state index is 0.269. The second-order valence-electron chi connectivity index (χ2n) is 7.48. The standard InChI is InChI=1S/C21H22BrIN4O3/c1-21(2,24)12-29-17-9-8-13(10-15(17)19-16(22)11-25-27(19)3)26-20(28)14-6-4-5-7-18(14)30-23/h4-11H,12,24H2,1-3H3,(H,26,28). The monoisotopic (exact) mass is 584 g/mol. The first kappa shape index (κ1) is 22.6. The number of ether oxygens (including phenoxy) is 1. The van der Waals surface area contributed by atoms with Crippen LogP contribution in [0.3, 0.4) is 0 Å². The van der Waals surface area contributed by atoms with Gasteiger partial charge in [-0.1, -0.05) is 12.1 Å². The number of nitrogens with one attached hydrogen (secondary N) is 1. The maximum atomic E-state index is 12.8. The molecule has 0 unspecified atom stereocenters. The van der Waals surface area contributed by atoms with Gasteiger partial charge in [-0.25, -0.2) is 0 Å². The van der Waals surface area contributed by atoms with E-state index in [4.69, 9.17) is 13.5 Å². The number of halogens is 2. The third-order valence-corrected chi connectivity index (χ3v) is 5.26. The van der Waals surface area contributed by atoms with E-state index in [1.807, 2.05) is 39.1 Å². The van der Waals surface area contributed by atoms with Gasteiger partial charge in [0.15, 0.2) is 23.0 Å². The Morgan fingerprint density at radius 3 is 2.63 bits per heavy atom. The van der Waals surface area contributed by atoms with E-state index < -0.39 is 5.54 Å². The number of carbonyl (C=O) groups is 1. The summed E-state index contributed by atoms with van der Waals surface area (Å²) in [6.07, 6.45) is 1.71. The molecule has 30 heavy (non-hydrogen) atoms. The van der Waals surface area contributed by atoms with Gasteiger partial charge in [-0.05, 0) is 60.1 Å². The molecule has 0 fully saturated rings. The number of hydrogen-bond acceptors (Lipinski definition) is 5.